The van der Waals surface area contributed by atoms with Crippen molar-refractivity contribution in [3.05, 3.63) is 188 Å². The fraction of sp³-hybridized carbons (Fsp3) is 0. The second-order valence-electron chi connectivity index (χ2n) is 12.9. The summed E-state index contributed by atoms with van der Waals surface area (Å²) in [6.45, 7) is 0. The molecule has 3 heterocycles. The number of hydrogen-bond donors (Lipinski definition) is 0. The smallest absolute Gasteiger partial charge is 0.164 e. The van der Waals surface area contributed by atoms with Gasteiger partial charge in [0, 0.05) is 50.4 Å². The lowest BCUT2D eigenvalue weighted by Crippen LogP contribution is -2.01. The van der Waals surface area contributed by atoms with E-state index in [1.807, 2.05) is 60.7 Å². The highest BCUT2D eigenvalue weighted by Gasteiger charge is 2.19. The van der Waals surface area contributed by atoms with Crippen molar-refractivity contribution in [2.24, 2.45) is 0 Å². The zero-order chi connectivity index (χ0) is 34.4. The van der Waals surface area contributed by atoms with Crippen molar-refractivity contribution in [3.63, 3.8) is 0 Å². The Kier molecular flexibility index (Phi) is 7.07. The van der Waals surface area contributed by atoms with E-state index in [1.165, 1.54) is 38.3 Å². The first-order chi connectivity index (χ1) is 25.8. The molecule has 0 aliphatic rings. The molecule has 0 fully saturated rings. The van der Waals surface area contributed by atoms with E-state index >= 15 is 0 Å². The number of benzene rings is 7. The minimum Gasteiger partial charge on any atom is -0.315 e. The third kappa shape index (κ3) is 5.07. The molecule has 0 spiro atoms. The molecule has 0 amide bonds. The summed E-state index contributed by atoms with van der Waals surface area (Å²) in [5, 5.41) is 3.62. The van der Waals surface area contributed by atoms with Crippen LogP contribution in [0.15, 0.2) is 188 Å². The molecule has 0 aliphatic heterocycles. The summed E-state index contributed by atoms with van der Waals surface area (Å²) in [6, 6.07) is 63.5. The van der Waals surface area contributed by atoms with Gasteiger partial charge in [0.05, 0.1) is 16.6 Å². The Morgan fingerprint density at radius 2 is 0.808 bits per heavy atom. The van der Waals surface area contributed by atoms with Gasteiger partial charge in [-0.3, -0.25) is 0 Å². The van der Waals surface area contributed by atoms with Crippen LogP contribution >= 0.6 is 0 Å². The molecule has 10 aromatic rings. The third-order valence-corrected chi connectivity index (χ3v) is 9.82. The van der Waals surface area contributed by atoms with Gasteiger partial charge in [-0.05, 0) is 59.7 Å². The van der Waals surface area contributed by atoms with E-state index in [0.717, 1.165) is 33.6 Å². The Hall–Kier alpha value is -7.11. The van der Waals surface area contributed by atoms with Crippen LogP contribution in [0.5, 0.6) is 0 Å². The maximum absolute atomic E-state index is 4.96. The van der Waals surface area contributed by atoms with Gasteiger partial charge in [-0.15, -0.1) is 0 Å². The van der Waals surface area contributed by atoms with Crippen LogP contribution in [0.1, 0.15) is 0 Å². The molecule has 0 saturated heterocycles. The van der Waals surface area contributed by atoms with Crippen molar-refractivity contribution >= 4 is 32.7 Å². The molecule has 0 N–H and O–H groups in total. The molecule has 52 heavy (non-hydrogen) atoms. The average Bonchev–Trinajstić information content (AvgIpc) is 3.81. The molecule has 10 rings (SSSR count). The van der Waals surface area contributed by atoms with E-state index in [4.69, 9.17) is 15.0 Å². The lowest BCUT2D eigenvalue weighted by atomic mass is 10.1. The van der Waals surface area contributed by atoms with Crippen molar-refractivity contribution in [1.29, 1.82) is 0 Å². The highest BCUT2D eigenvalue weighted by Crippen LogP contribution is 2.38. The molecule has 5 heteroatoms. The van der Waals surface area contributed by atoms with E-state index in [9.17, 15) is 0 Å². The molecule has 7 aromatic carbocycles. The summed E-state index contributed by atoms with van der Waals surface area (Å²) in [5.74, 6) is 1.93. The molecular formula is C47H31N5. The summed E-state index contributed by atoms with van der Waals surface area (Å²) in [5.41, 5.74) is 10.9. The lowest BCUT2D eigenvalue weighted by molar-refractivity contribution is 1.07. The number of para-hydroxylation sites is 1. The van der Waals surface area contributed by atoms with Crippen LogP contribution in [0.25, 0.3) is 89.4 Å². The standard InChI is InChI=1S/C47H31N5/c1-4-12-32(13-5-1)33-20-25-38(26-21-33)51-31-30-34-24-29-41-40-18-10-11-19-42(40)52(44(41)43(34)51)39-27-22-37(23-28-39)47-49-45(35-14-6-2-7-15-35)48-46(50-47)36-16-8-3-9-17-36/h1-31H. The largest absolute Gasteiger partial charge is 0.315 e. The van der Waals surface area contributed by atoms with Crippen molar-refractivity contribution < 1.29 is 0 Å². The van der Waals surface area contributed by atoms with Crippen LogP contribution in [-0.2, 0) is 0 Å². The number of aromatic nitrogens is 5. The highest BCUT2D eigenvalue weighted by molar-refractivity contribution is 6.18. The first-order valence-electron chi connectivity index (χ1n) is 17.5. The van der Waals surface area contributed by atoms with Gasteiger partial charge in [0.15, 0.2) is 17.5 Å². The number of fused-ring (bicyclic) bond motifs is 5. The molecule has 0 radical (unpaired) electrons. The van der Waals surface area contributed by atoms with Gasteiger partial charge in [-0.25, -0.2) is 15.0 Å². The Labute approximate surface area is 300 Å². The van der Waals surface area contributed by atoms with Crippen molar-refractivity contribution in [2.75, 3.05) is 0 Å². The van der Waals surface area contributed by atoms with Crippen molar-refractivity contribution in [2.45, 2.75) is 0 Å². The molecule has 3 aromatic heterocycles. The van der Waals surface area contributed by atoms with Gasteiger partial charge in [0.1, 0.15) is 0 Å². The summed E-state index contributed by atoms with van der Waals surface area (Å²) in [4.78, 5) is 14.8. The van der Waals surface area contributed by atoms with Gasteiger partial charge >= 0.3 is 0 Å². The van der Waals surface area contributed by atoms with E-state index in [0.29, 0.717) is 17.5 Å². The zero-order valence-electron chi connectivity index (χ0n) is 28.1. The van der Waals surface area contributed by atoms with Gasteiger partial charge in [-0.2, -0.15) is 0 Å². The average molecular weight is 666 g/mol. The summed E-state index contributed by atoms with van der Waals surface area (Å²) in [6.07, 6.45) is 2.18. The van der Waals surface area contributed by atoms with Gasteiger partial charge in [0.25, 0.3) is 0 Å². The molecule has 0 saturated carbocycles. The molecule has 0 aliphatic carbocycles. The second kappa shape index (κ2) is 12.3. The Morgan fingerprint density at radius 3 is 1.42 bits per heavy atom. The zero-order valence-corrected chi connectivity index (χ0v) is 28.1. The number of rotatable bonds is 6. The van der Waals surface area contributed by atoms with Crippen LogP contribution in [0.3, 0.4) is 0 Å². The molecule has 0 atom stereocenters. The minimum atomic E-state index is 0.636. The Bertz CT molecular complexity index is 2800. The predicted octanol–water partition coefficient (Wildman–Crippen LogP) is 11.6. The number of hydrogen-bond acceptors (Lipinski definition) is 3. The molecule has 5 nitrogen and oxygen atoms in total. The molecule has 0 unspecified atom stereocenters. The maximum atomic E-state index is 4.96. The summed E-state index contributed by atoms with van der Waals surface area (Å²) in [7, 11) is 0. The normalized spacial score (nSPS) is 11.5. The first-order valence-corrected chi connectivity index (χ1v) is 17.5. The molecule has 244 valence electrons. The van der Waals surface area contributed by atoms with Gasteiger partial charge in [0.2, 0.25) is 0 Å². The van der Waals surface area contributed by atoms with E-state index in [2.05, 4.69) is 137 Å². The van der Waals surface area contributed by atoms with Crippen LogP contribution in [0.4, 0.5) is 0 Å². The van der Waals surface area contributed by atoms with Gasteiger partial charge in [-0.1, -0.05) is 133 Å². The fourth-order valence-corrected chi connectivity index (χ4v) is 7.30. The van der Waals surface area contributed by atoms with Crippen molar-refractivity contribution in [1.82, 2.24) is 24.1 Å². The van der Waals surface area contributed by atoms with E-state index in [-0.39, 0.29) is 0 Å². The Balaban J connectivity index is 1.12. The molecular weight excluding hydrogens is 635 g/mol. The van der Waals surface area contributed by atoms with E-state index in [1.54, 1.807) is 0 Å². The molecule has 0 bridgehead atoms. The lowest BCUT2D eigenvalue weighted by Gasteiger charge is -2.13. The minimum absolute atomic E-state index is 0.636. The monoisotopic (exact) mass is 665 g/mol. The van der Waals surface area contributed by atoms with Crippen LogP contribution in [-0.4, -0.2) is 24.1 Å². The first kappa shape index (κ1) is 29.8. The van der Waals surface area contributed by atoms with Gasteiger partial charge < -0.3 is 9.13 Å². The highest BCUT2D eigenvalue weighted by atomic mass is 15.0. The van der Waals surface area contributed by atoms with Crippen LogP contribution < -0.4 is 0 Å². The summed E-state index contributed by atoms with van der Waals surface area (Å²) >= 11 is 0. The van der Waals surface area contributed by atoms with Crippen LogP contribution in [0, 0.1) is 0 Å². The van der Waals surface area contributed by atoms with E-state index < -0.39 is 0 Å². The maximum Gasteiger partial charge on any atom is 0.164 e. The van der Waals surface area contributed by atoms with Crippen molar-refractivity contribution in [3.8, 4) is 56.7 Å². The SMILES string of the molecule is c1ccc(-c2ccc(-n3ccc4ccc5c6ccccc6n(-c6ccc(-c7nc(-c8ccccc8)nc(-c8ccccc8)n7)cc6)c5c43)cc2)cc1. The fourth-order valence-electron chi connectivity index (χ4n) is 7.30. The number of nitrogens with zero attached hydrogens (tertiary/aromatic N) is 5. The van der Waals surface area contributed by atoms with Crippen LogP contribution in [0.2, 0.25) is 0 Å². The topological polar surface area (TPSA) is 48.5 Å². The third-order valence-electron chi connectivity index (χ3n) is 9.82. The second-order valence-corrected chi connectivity index (χ2v) is 12.9. The predicted molar refractivity (Wildman–Crippen MR) is 213 cm³/mol. The quantitative estimate of drug-likeness (QED) is 0.178. The summed E-state index contributed by atoms with van der Waals surface area (Å²) < 4.78 is 4.71. The Morgan fingerprint density at radius 1 is 0.327 bits per heavy atom.